The Morgan fingerprint density at radius 1 is 1.22 bits per heavy atom. The van der Waals surface area contributed by atoms with Gasteiger partial charge in [0.1, 0.15) is 11.5 Å². The lowest BCUT2D eigenvalue weighted by molar-refractivity contribution is -0.180. The number of fused-ring (bicyclic) bond motifs is 1. The minimum Gasteiger partial charge on any atom is -0.484 e. The summed E-state index contributed by atoms with van der Waals surface area (Å²) in [6.45, 7) is 6.80. The van der Waals surface area contributed by atoms with Crippen molar-refractivity contribution in [1.29, 1.82) is 0 Å². The molecule has 0 spiro atoms. The first-order valence-corrected chi connectivity index (χ1v) is 10.9. The maximum atomic E-state index is 11.6. The summed E-state index contributed by atoms with van der Waals surface area (Å²) in [5.74, 6) is 0.770. The molecule has 0 aliphatic carbocycles. The van der Waals surface area contributed by atoms with Crippen molar-refractivity contribution in [3.05, 3.63) is 59.2 Å². The fourth-order valence-corrected chi connectivity index (χ4v) is 3.42. The predicted molar refractivity (Wildman–Crippen MR) is 123 cm³/mol. The molecule has 1 heterocycles. The largest absolute Gasteiger partial charge is 0.484 e. The molecule has 2 aromatic carbocycles. The molecule has 2 aromatic rings. The Balaban J connectivity index is 1.46. The molecule has 32 heavy (non-hydrogen) atoms. The Labute approximate surface area is 190 Å². The molecule has 1 aliphatic rings. The third-order valence-electron chi connectivity index (χ3n) is 5.39. The second-order valence-corrected chi connectivity index (χ2v) is 8.91. The topological polar surface area (TPSA) is 80.3 Å². The summed E-state index contributed by atoms with van der Waals surface area (Å²) in [7, 11) is 3.41. The van der Waals surface area contributed by atoms with Crippen LogP contribution in [0.1, 0.15) is 43.6 Å². The number of aliphatic hydroxyl groups is 1. The van der Waals surface area contributed by atoms with Crippen LogP contribution in [-0.4, -0.2) is 55.0 Å². The lowest BCUT2D eigenvalue weighted by Gasteiger charge is -2.33. The van der Waals surface area contributed by atoms with E-state index in [4.69, 9.17) is 14.2 Å². The van der Waals surface area contributed by atoms with Gasteiger partial charge in [0.25, 0.3) is 5.91 Å². The summed E-state index contributed by atoms with van der Waals surface area (Å²) in [5, 5.41) is 14.0. The van der Waals surface area contributed by atoms with Gasteiger partial charge in [-0.25, -0.2) is 0 Å². The van der Waals surface area contributed by atoms with E-state index >= 15 is 0 Å². The molecule has 3 rings (SSSR count). The molecule has 0 saturated heterocycles. The number of hydrogen-bond acceptors (Lipinski definition) is 6. The second-order valence-electron chi connectivity index (χ2n) is 8.91. The lowest BCUT2D eigenvalue weighted by atomic mass is 10.0. The van der Waals surface area contributed by atoms with Gasteiger partial charge in [-0.2, -0.15) is 0 Å². The zero-order valence-electron chi connectivity index (χ0n) is 19.6. The van der Waals surface area contributed by atoms with E-state index in [1.165, 1.54) is 4.90 Å². The number of carbonyl (C=O) groups is 1. The molecule has 0 bridgehead atoms. The van der Waals surface area contributed by atoms with Crippen molar-refractivity contribution in [3.63, 3.8) is 0 Å². The van der Waals surface area contributed by atoms with Gasteiger partial charge in [-0.3, -0.25) is 4.79 Å². The molecule has 174 valence electrons. The number of nitrogens with one attached hydrogen (secondary N) is 1. The van der Waals surface area contributed by atoms with Gasteiger partial charge in [0.15, 0.2) is 6.61 Å². The highest BCUT2D eigenvalue weighted by atomic mass is 16.7. The number of carbonyl (C=O) groups excluding carboxylic acids is 1. The van der Waals surface area contributed by atoms with Crippen LogP contribution >= 0.6 is 0 Å². The maximum absolute atomic E-state index is 11.6. The second kappa shape index (κ2) is 10.3. The van der Waals surface area contributed by atoms with Gasteiger partial charge < -0.3 is 29.5 Å². The average Bonchev–Trinajstić information content (AvgIpc) is 2.75. The van der Waals surface area contributed by atoms with Crippen molar-refractivity contribution >= 4 is 5.91 Å². The summed E-state index contributed by atoms with van der Waals surface area (Å²) < 4.78 is 17.0. The van der Waals surface area contributed by atoms with Gasteiger partial charge in [-0.1, -0.05) is 18.2 Å². The van der Waals surface area contributed by atoms with Crippen LogP contribution in [0.4, 0.5) is 0 Å². The van der Waals surface area contributed by atoms with Gasteiger partial charge >= 0.3 is 0 Å². The molecular formula is C25H34N2O5. The van der Waals surface area contributed by atoms with Crippen LogP contribution in [0.2, 0.25) is 0 Å². The van der Waals surface area contributed by atoms with Crippen LogP contribution in [-0.2, 0) is 22.6 Å². The molecule has 2 atom stereocenters. The smallest absolute Gasteiger partial charge is 0.259 e. The quantitative estimate of drug-likeness (QED) is 0.621. The van der Waals surface area contributed by atoms with Crippen molar-refractivity contribution in [1.82, 2.24) is 10.2 Å². The van der Waals surface area contributed by atoms with Crippen LogP contribution in [0.3, 0.4) is 0 Å². The Bertz CT molecular complexity index is 911. The van der Waals surface area contributed by atoms with Crippen LogP contribution in [0.5, 0.6) is 11.5 Å². The van der Waals surface area contributed by atoms with Gasteiger partial charge in [-0.05, 0) is 48.7 Å². The van der Waals surface area contributed by atoms with E-state index < -0.39 is 11.9 Å². The molecule has 7 nitrogen and oxygen atoms in total. The fourth-order valence-electron chi connectivity index (χ4n) is 3.42. The molecule has 1 aliphatic heterocycles. The number of benzene rings is 2. The van der Waals surface area contributed by atoms with Crippen LogP contribution in [0, 0.1) is 0 Å². The van der Waals surface area contributed by atoms with Crippen LogP contribution in [0.15, 0.2) is 42.5 Å². The highest BCUT2D eigenvalue weighted by Crippen LogP contribution is 2.32. The molecule has 7 heteroatoms. The molecule has 0 fully saturated rings. The van der Waals surface area contributed by atoms with Crippen molar-refractivity contribution < 1.29 is 24.1 Å². The molecule has 0 unspecified atom stereocenters. The Kier molecular flexibility index (Phi) is 7.77. The van der Waals surface area contributed by atoms with Crippen molar-refractivity contribution in [2.24, 2.45) is 0 Å². The summed E-state index contributed by atoms with van der Waals surface area (Å²) in [6.07, 6.45) is 0.188. The Hall–Kier alpha value is -2.61. The number of rotatable bonds is 9. The number of ether oxygens (including phenoxy) is 3. The SMILES string of the molecule is C[C@@H](Cc1ccc(OCC(=O)N(C)C)cc1)NC[C@H](O)c1ccc2c(c1)COC(C)(C)O2. The average molecular weight is 443 g/mol. The van der Waals surface area contributed by atoms with E-state index in [0.717, 1.165) is 28.9 Å². The van der Waals surface area contributed by atoms with Gasteiger partial charge in [0.05, 0.1) is 12.7 Å². The van der Waals surface area contributed by atoms with Crippen molar-refractivity contribution in [2.45, 2.75) is 51.7 Å². The van der Waals surface area contributed by atoms with E-state index in [0.29, 0.717) is 18.9 Å². The first-order valence-electron chi connectivity index (χ1n) is 10.9. The third-order valence-corrected chi connectivity index (χ3v) is 5.39. The number of aliphatic hydroxyl groups excluding tert-OH is 1. The van der Waals surface area contributed by atoms with Gasteiger partial charge in [-0.15, -0.1) is 0 Å². The standard InChI is InChI=1S/C25H34N2O5/c1-17(12-18-6-9-21(10-7-18)30-16-24(29)27(4)5)26-14-22(28)19-8-11-23-20(13-19)15-31-25(2,3)32-23/h6-11,13,17,22,26,28H,12,14-16H2,1-5H3/t17-,22-/m0/s1. The molecule has 0 aromatic heterocycles. The predicted octanol–water partition coefficient (Wildman–Crippen LogP) is 3.05. The summed E-state index contributed by atoms with van der Waals surface area (Å²) in [5.41, 5.74) is 2.93. The molecule has 1 amide bonds. The number of nitrogens with zero attached hydrogens (tertiary/aromatic N) is 1. The monoisotopic (exact) mass is 442 g/mol. The van der Waals surface area contributed by atoms with E-state index in [2.05, 4.69) is 12.2 Å². The fraction of sp³-hybridized carbons (Fsp3) is 0.480. The zero-order chi connectivity index (χ0) is 23.3. The molecular weight excluding hydrogens is 408 g/mol. The molecule has 0 saturated carbocycles. The van der Waals surface area contributed by atoms with Gasteiger partial charge in [0, 0.05) is 46.1 Å². The van der Waals surface area contributed by atoms with E-state index in [9.17, 15) is 9.90 Å². The summed E-state index contributed by atoms with van der Waals surface area (Å²) in [6, 6.07) is 13.7. The molecule has 0 radical (unpaired) electrons. The van der Waals surface area contributed by atoms with Crippen LogP contribution in [0.25, 0.3) is 0 Å². The third kappa shape index (κ3) is 6.69. The first kappa shape index (κ1) is 24.0. The normalized spacial score (nSPS) is 16.4. The van der Waals surface area contributed by atoms with E-state index in [1.54, 1.807) is 14.1 Å². The maximum Gasteiger partial charge on any atom is 0.259 e. The minimum atomic E-state index is -0.627. The Morgan fingerprint density at radius 2 is 1.94 bits per heavy atom. The first-order chi connectivity index (χ1) is 15.1. The van der Waals surface area contributed by atoms with Crippen molar-refractivity contribution in [3.8, 4) is 11.5 Å². The number of likely N-dealkylation sites (N-methyl/N-ethyl adjacent to an activating group) is 1. The van der Waals surface area contributed by atoms with E-state index in [-0.39, 0.29) is 18.6 Å². The summed E-state index contributed by atoms with van der Waals surface area (Å²) >= 11 is 0. The van der Waals surface area contributed by atoms with Gasteiger partial charge in [0.2, 0.25) is 5.79 Å². The Morgan fingerprint density at radius 3 is 2.62 bits per heavy atom. The van der Waals surface area contributed by atoms with Crippen LogP contribution < -0.4 is 14.8 Å². The molecule has 2 N–H and O–H groups in total. The highest BCUT2D eigenvalue weighted by Gasteiger charge is 2.27. The zero-order valence-corrected chi connectivity index (χ0v) is 19.6. The van der Waals surface area contributed by atoms with Crippen molar-refractivity contribution in [2.75, 3.05) is 27.2 Å². The summed E-state index contributed by atoms with van der Waals surface area (Å²) in [4.78, 5) is 13.1. The van der Waals surface area contributed by atoms with E-state index in [1.807, 2.05) is 56.3 Å². The minimum absolute atomic E-state index is 0.0287. The number of hydrogen-bond donors (Lipinski definition) is 2. The highest BCUT2D eigenvalue weighted by molar-refractivity contribution is 5.77. The lowest BCUT2D eigenvalue weighted by Crippen LogP contribution is -2.35. The number of amides is 1.